The number of ether oxygens (including phenoxy) is 1. The van der Waals surface area contributed by atoms with Crippen LogP contribution >= 0.6 is 0 Å². The number of hydrogen-bond acceptors (Lipinski definition) is 5. The quantitative estimate of drug-likeness (QED) is 0.371. The van der Waals surface area contributed by atoms with Gasteiger partial charge >= 0.3 is 0 Å². The van der Waals surface area contributed by atoms with Crippen LogP contribution in [-0.4, -0.2) is 56.9 Å². The number of benzene rings is 3. The summed E-state index contributed by atoms with van der Waals surface area (Å²) in [5.41, 5.74) is 4.60. The summed E-state index contributed by atoms with van der Waals surface area (Å²) in [5, 5.41) is 2.77. The summed E-state index contributed by atoms with van der Waals surface area (Å²) in [4.78, 5) is 28.7. The maximum atomic E-state index is 14.4. The van der Waals surface area contributed by atoms with Crippen LogP contribution in [-0.2, 0) is 4.79 Å². The fourth-order valence-corrected chi connectivity index (χ4v) is 4.23. The average molecular weight is 488 g/mol. The number of amides is 1. The summed E-state index contributed by atoms with van der Waals surface area (Å²) < 4.78 is 19.5. The highest BCUT2D eigenvalue weighted by Crippen LogP contribution is 2.30. The van der Waals surface area contributed by atoms with Gasteiger partial charge < -0.3 is 19.9 Å². The van der Waals surface area contributed by atoms with E-state index in [1.54, 1.807) is 12.1 Å². The zero-order valence-electron chi connectivity index (χ0n) is 20.8. The number of nitrogens with one attached hydrogen (secondary N) is 1. The van der Waals surface area contributed by atoms with Crippen LogP contribution in [0.25, 0.3) is 17.2 Å². The average Bonchev–Trinajstić information content (AvgIpc) is 2.87. The second kappa shape index (κ2) is 11.2. The molecule has 0 atom stereocenters. The van der Waals surface area contributed by atoms with Crippen molar-refractivity contribution in [3.05, 3.63) is 83.7 Å². The maximum absolute atomic E-state index is 14.4. The Labute approximate surface area is 211 Å². The Kier molecular flexibility index (Phi) is 7.80. The van der Waals surface area contributed by atoms with Crippen LogP contribution in [0.5, 0.6) is 5.75 Å². The number of ketones is 1. The Morgan fingerprint density at radius 3 is 2.28 bits per heavy atom. The number of allylic oxidation sites excluding steroid dienone is 1. The molecular weight excluding hydrogens is 457 g/mol. The van der Waals surface area contributed by atoms with Gasteiger partial charge in [0.2, 0.25) is 5.91 Å². The van der Waals surface area contributed by atoms with Crippen LogP contribution in [0.2, 0.25) is 0 Å². The van der Waals surface area contributed by atoms with Gasteiger partial charge in [0.05, 0.1) is 12.7 Å². The SMILES string of the molecule is COc1ccc(C(=O)/C=C/c2cc(-c3ccc(NC(C)=O)cc3)ccc2N2CCN(C)CC2)c(F)c1. The molecule has 0 saturated carbocycles. The van der Waals surface area contributed by atoms with Gasteiger partial charge in [0.25, 0.3) is 0 Å². The minimum atomic E-state index is -0.615. The van der Waals surface area contributed by atoms with Crippen LogP contribution in [0.3, 0.4) is 0 Å². The third kappa shape index (κ3) is 5.98. The Hall–Kier alpha value is -3.97. The van der Waals surface area contributed by atoms with Gasteiger partial charge in [-0.15, -0.1) is 0 Å². The molecule has 0 aliphatic carbocycles. The third-order valence-corrected chi connectivity index (χ3v) is 6.27. The van der Waals surface area contributed by atoms with E-state index < -0.39 is 11.6 Å². The fraction of sp³-hybridized carbons (Fsp3) is 0.241. The van der Waals surface area contributed by atoms with Gasteiger partial charge in [-0.2, -0.15) is 0 Å². The maximum Gasteiger partial charge on any atom is 0.221 e. The largest absolute Gasteiger partial charge is 0.497 e. The van der Waals surface area contributed by atoms with Gasteiger partial charge in [-0.3, -0.25) is 9.59 Å². The van der Waals surface area contributed by atoms with Gasteiger partial charge in [0.15, 0.2) is 5.78 Å². The monoisotopic (exact) mass is 487 g/mol. The zero-order chi connectivity index (χ0) is 25.7. The smallest absolute Gasteiger partial charge is 0.221 e. The van der Waals surface area contributed by atoms with Crippen molar-refractivity contribution in [1.29, 1.82) is 0 Å². The first-order chi connectivity index (χ1) is 17.3. The number of carbonyl (C=O) groups is 2. The summed E-state index contributed by atoms with van der Waals surface area (Å²) in [7, 11) is 3.56. The second-order valence-electron chi connectivity index (χ2n) is 8.87. The van der Waals surface area contributed by atoms with Crippen molar-refractivity contribution in [1.82, 2.24) is 4.90 Å². The van der Waals surface area contributed by atoms with Gasteiger partial charge in [-0.25, -0.2) is 4.39 Å². The van der Waals surface area contributed by atoms with Crippen molar-refractivity contribution < 1.29 is 18.7 Å². The standard InChI is InChI=1S/C29H30FN3O3/c1-20(34)31-24-8-4-21(5-9-24)22-6-12-28(33-16-14-32(2)15-17-33)23(18-22)7-13-29(35)26-11-10-25(36-3)19-27(26)30/h4-13,18-19H,14-17H2,1-3H3,(H,31,34)/b13-7+. The minimum Gasteiger partial charge on any atom is -0.497 e. The Morgan fingerprint density at radius 2 is 1.64 bits per heavy atom. The Morgan fingerprint density at radius 1 is 0.944 bits per heavy atom. The van der Waals surface area contributed by atoms with Crippen molar-refractivity contribution in [2.75, 3.05) is 50.6 Å². The molecule has 1 aliphatic rings. The van der Waals surface area contributed by atoms with E-state index in [0.717, 1.165) is 54.2 Å². The molecular formula is C29H30FN3O3. The highest BCUT2D eigenvalue weighted by molar-refractivity contribution is 6.07. The van der Waals surface area contributed by atoms with Gasteiger partial charge in [0, 0.05) is 50.5 Å². The molecule has 1 amide bonds. The summed E-state index contributed by atoms with van der Waals surface area (Å²) in [6.45, 7) is 5.13. The van der Waals surface area contributed by atoms with E-state index in [2.05, 4.69) is 34.3 Å². The Balaban J connectivity index is 1.66. The van der Waals surface area contributed by atoms with Crippen molar-refractivity contribution in [2.24, 2.45) is 0 Å². The highest BCUT2D eigenvalue weighted by atomic mass is 19.1. The molecule has 1 heterocycles. The van der Waals surface area contributed by atoms with E-state index in [9.17, 15) is 14.0 Å². The first-order valence-electron chi connectivity index (χ1n) is 11.9. The molecule has 1 saturated heterocycles. The lowest BCUT2D eigenvalue weighted by molar-refractivity contribution is -0.114. The summed E-state index contributed by atoms with van der Waals surface area (Å²) in [5.74, 6) is -0.784. The van der Waals surface area contributed by atoms with Crippen LogP contribution in [0, 0.1) is 5.82 Å². The van der Waals surface area contributed by atoms with Crippen molar-refractivity contribution in [2.45, 2.75) is 6.92 Å². The fourth-order valence-electron chi connectivity index (χ4n) is 4.23. The van der Waals surface area contributed by atoms with Gasteiger partial charge in [-0.05, 0) is 72.3 Å². The predicted molar refractivity (Wildman–Crippen MR) is 142 cm³/mol. The molecule has 0 radical (unpaired) electrons. The van der Waals surface area contributed by atoms with E-state index in [4.69, 9.17) is 4.74 Å². The molecule has 3 aromatic carbocycles. The van der Waals surface area contributed by atoms with Crippen LogP contribution in [0.4, 0.5) is 15.8 Å². The lowest BCUT2D eigenvalue weighted by Crippen LogP contribution is -2.44. The number of methoxy groups -OCH3 is 1. The molecule has 0 unspecified atom stereocenters. The first-order valence-corrected chi connectivity index (χ1v) is 11.9. The van der Waals surface area contributed by atoms with Crippen molar-refractivity contribution in [3.8, 4) is 16.9 Å². The summed E-state index contributed by atoms with van der Waals surface area (Å²) in [6, 6.07) is 18.0. The highest BCUT2D eigenvalue weighted by Gasteiger charge is 2.17. The van der Waals surface area contributed by atoms with E-state index >= 15 is 0 Å². The lowest BCUT2D eigenvalue weighted by Gasteiger charge is -2.35. The van der Waals surface area contributed by atoms with Gasteiger partial charge in [-0.1, -0.05) is 18.2 Å². The number of halogens is 1. The van der Waals surface area contributed by atoms with Crippen molar-refractivity contribution in [3.63, 3.8) is 0 Å². The van der Waals surface area contributed by atoms with Crippen LogP contribution in [0.15, 0.2) is 66.7 Å². The predicted octanol–water partition coefficient (Wildman–Crippen LogP) is 5.11. The van der Waals surface area contributed by atoms with Crippen molar-refractivity contribution >= 4 is 29.1 Å². The molecule has 1 aliphatic heterocycles. The molecule has 0 bridgehead atoms. The Bertz CT molecular complexity index is 1280. The summed E-state index contributed by atoms with van der Waals surface area (Å²) >= 11 is 0. The number of piperazine rings is 1. The van der Waals surface area contributed by atoms with Gasteiger partial charge in [0.1, 0.15) is 11.6 Å². The summed E-state index contributed by atoms with van der Waals surface area (Å²) in [6.07, 6.45) is 3.18. The molecule has 0 spiro atoms. The number of rotatable bonds is 7. The minimum absolute atomic E-state index is 0.00193. The first kappa shape index (κ1) is 25.1. The lowest BCUT2D eigenvalue weighted by atomic mass is 9.99. The molecule has 0 aromatic heterocycles. The zero-order valence-corrected chi connectivity index (χ0v) is 20.8. The number of anilines is 2. The molecule has 1 N–H and O–H groups in total. The molecule has 36 heavy (non-hydrogen) atoms. The van der Waals surface area contributed by atoms with E-state index in [1.165, 1.54) is 32.2 Å². The molecule has 4 rings (SSSR count). The van der Waals surface area contributed by atoms with E-state index in [0.29, 0.717) is 5.75 Å². The molecule has 1 fully saturated rings. The number of nitrogens with zero attached hydrogens (tertiary/aromatic N) is 2. The molecule has 6 nitrogen and oxygen atoms in total. The number of likely N-dealkylation sites (N-methyl/N-ethyl adjacent to an activating group) is 1. The van der Waals surface area contributed by atoms with Crippen LogP contribution in [0.1, 0.15) is 22.8 Å². The number of carbonyl (C=O) groups excluding carboxylic acids is 2. The second-order valence-corrected chi connectivity index (χ2v) is 8.87. The molecule has 186 valence electrons. The third-order valence-electron chi connectivity index (χ3n) is 6.27. The molecule has 7 heteroatoms. The molecule has 3 aromatic rings. The normalized spacial score (nSPS) is 14.2. The topological polar surface area (TPSA) is 61.9 Å². The van der Waals surface area contributed by atoms with E-state index in [-0.39, 0.29) is 11.5 Å². The van der Waals surface area contributed by atoms with Crippen LogP contribution < -0.4 is 15.0 Å². The number of hydrogen-bond donors (Lipinski definition) is 1. The van der Waals surface area contributed by atoms with E-state index in [1.807, 2.05) is 30.3 Å².